The summed E-state index contributed by atoms with van der Waals surface area (Å²) in [5.41, 5.74) is 1.64. The Kier molecular flexibility index (Phi) is 7.08. The van der Waals surface area contributed by atoms with Gasteiger partial charge in [-0.05, 0) is 31.0 Å². The van der Waals surface area contributed by atoms with E-state index in [0.717, 1.165) is 18.5 Å². The summed E-state index contributed by atoms with van der Waals surface area (Å²) in [7, 11) is 1.47. The molecule has 34 heavy (non-hydrogen) atoms. The molecule has 1 aromatic carbocycles. The molecule has 0 spiro atoms. The number of amides is 2. The molecule has 1 saturated carbocycles. The third-order valence-corrected chi connectivity index (χ3v) is 4.83. The smallest absolute Gasteiger partial charge is 0.418 e. The molecule has 2 heterocycles. The van der Waals surface area contributed by atoms with Crippen molar-refractivity contribution in [3.05, 3.63) is 54.4 Å². The molecule has 0 atom stereocenters. The number of carbonyl (C=O) groups is 2. The summed E-state index contributed by atoms with van der Waals surface area (Å²) in [6.07, 6.45) is 7.27. The van der Waals surface area contributed by atoms with Crippen molar-refractivity contribution in [3.8, 4) is 11.6 Å². The molecule has 4 N–H and O–H groups in total. The van der Waals surface area contributed by atoms with Gasteiger partial charge in [-0.3, -0.25) is 10.1 Å². The fourth-order valence-corrected chi connectivity index (χ4v) is 3.05. The van der Waals surface area contributed by atoms with E-state index in [4.69, 9.17) is 14.6 Å². The van der Waals surface area contributed by atoms with Gasteiger partial charge >= 0.3 is 6.09 Å². The number of rotatable bonds is 9. The summed E-state index contributed by atoms with van der Waals surface area (Å²) < 4.78 is 10.8. The van der Waals surface area contributed by atoms with Crippen LogP contribution in [0, 0.1) is 0 Å². The molecular weight excluding hydrogens is 442 g/mol. The van der Waals surface area contributed by atoms with Gasteiger partial charge < -0.3 is 25.2 Å². The number of carbonyl (C=O) groups excluding carboxylic acids is 2. The molecule has 4 rings (SSSR count). The van der Waals surface area contributed by atoms with E-state index in [2.05, 4.69) is 35.9 Å². The number of nitrogens with zero attached hydrogens (tertiary/aromatic N) is 4. The number of hydrogen-bond acceptors (Lipinski definition) is 10. The number of nitrogens with one attached hydrogen (secondary N) is 3. The van der Waals surface area contributed by atoms with Crippen LogP contribution in [0.3, 0.4) is 0 Å². The van der Waals surface area contributed by atoms with Crippen LogP contribution < -0.4 is 25.4 Å². The Morgan fingerprint density at radius 3 is 2.68 bits per heavy atom. The highest BCUT2D eigenvalue weighted by Crippen LogP contribution is 2.40. The molecule has 0 bridgehead atoms. The molecule has 12 heteroatoms. The zero-order chi connectivity index (χ0) is 23.9. The third kappa shape index (κ3) is 5.72. The van der Waals surface area contributed by atoms with Crippen LogP contribution >= 0.6 is 0 Å². The summed E-state index contributed by atoms with van der Waals surface area (Å²) in [4.78, 5) is 41.8. The minimum Gasteiger partial charge on any atom is -0.491 e. The summed E-state index contributed by atoms with van der Waals surface area (Å²) in [5, 5.41) is 17.0. The van der Waals surface area contributed by atoms with Gasteiger partial charge in [-0.25, -0.2) is 24.7 Å². The van der Waals surface area contributed by atoms with Crippen LogP contribution in [-0.2, 0) is 0 Å². The molecule has 12 nitrogen and oxygen atoms in total. The normalized spacial score (nSPS) is 12.5. The third-order valence-electron chi connectivity index (χ3n) is 4.83. The topological polar surface area (TPSA) is 160 Å². The molecule has 1 aliphatic rings. The average Bonchev–Trinajstić information content (AvgIpc) is 3.70. The van der Waals surface area contributed by atoms with Crippen LogP contribution in [0.1, 0.15) is 34.8 Å². The molecule has 1 aliphatic carbocycles. The van der Waals surface area contributed by atoms with Gasteiger partial charge in [0.1, 0.15) is 18.7 Å². The van der Waals surface area contributed by atoms with Crippen LogP contribution in [0.5, 0.6) is 11.6 Å². The first-order chi connectivity index (χ1) is 16.6. The Balaban J connectivity index is 1.55. The van der Waals surface area contributed by atoms with Crippen LogP contribution in [-0.4, -0.2) is 57.3 Å². The van der Waals surface area contributed by atoms with Gasteiger partial charge in [-0.2, -0.15) is 0 Å². The maximum absolute atomic E-state index is 12.8. The maximum Gasteiger partial charge on any atom is 0.418 e. The molecule has 0 radical (unpaired) electrons. The van der Waals surface area contributed by atoms with Gasteiger partial charge in [0.25, 0.3) is 11.8 Å². The number of aliphatic hydroxyl groups excluding tert-OH is 1. The Labute approximate surface area is 194 Å². The average molecular weight is 465 g/mol. The second kappa shape index (κ2) is 10.5. The number of ether oxygens (including phenoxy) is 2. The Bertz CT molecular complexity index is 1170. The van der Waals surface area contributed by atoms with E-state index in [1.165, 1.54) is 25.5 Å². The van der Waals surface area contributed by atoms with Crippen molar-refractivity contribution < 1.29 is 24.2 Å². The Morgan fingerprint density at radius 2 is 1.97 bits per heavy atom. The molecule has 1 fully saturated rings. The number of anilines is 3. The highest BCUT2D eigenvalue weighted by molar-refractivity contribution is 6.03. The number of aliphatic hydroxyl groups is 1. The second-order valence-corrected chi connectivity index (χ2v) is 7.35. The van der Waals surface area contributed by atoms with Crippen LogP contribution in [0.4, 0.5) is 22.0 Å². The lowest BCUT2D eigenvalue weighted by atomic mass is 10.1. The van der Waals surface area contributed by atoms with E-state index >= 15 is 0 Å². The molecule has 3 aromatic rings. The van der Waals surface area contributed by atoms with Crippen LogP contribution in [0.2, 0.25) is 0 Å². The van der Waals surface area contributed by atoms with Crippen molar-refractivity contribution in [2.45, 2.75) is 18.8 Å². The summed E-state index contributed by atoms with van der Waals surface area (Å²) >= 11 is 0. The van der Waals surface area contributed by atoms with Crippen molar-refractivity contribution in [1.82, 2.24) is 25.3 Å². The van der Waals surface area contributed by atoms with E-state index in [1.54, 1.807) is 24.7 Å². The monoisotopic (exact) mass is 465 g/mol. The first kappa shape index (κ1) is 22.9. The quantitative estimate of drug-likeness (QED) is 0.369. The molecule has 2 aromatic heterocycles. The molecule has 0 aliphatic heterocycles. The summed E-state index contributed by atoms with van der Waals surface area (Å²) in [6, 6.07) is 4.53. The van der Waals surface area contributed by atoms with E-state index in [-0.39, 0.29) is 36.2 Å². The number of benzene rings is 1. The minimum absolute atomic E-state index is 0.0184. The van der Waals surface area contributed by atoms with Crippen molar-refractivity contribution in [1.29, 1.82) is 0 Å². The van der Waals surface area contributed by atoms with Gasteiger partial charge in [0.05, 0.1) is 47.8 Å². The largest absolute Gasteiger partial charge is 0.491 e. The van der Waals surface area contributed by atoms with Crippen molar-refractivity contribution in [3.63, 3.8) is 0 Å². The van der Waals surface area contributed by atoms with Gasteiger partial charge in [0, 0.05) is 13.0 Å². The lowest BCUT2D eigenvalue weighted by Gasteiger charge is -2.14. The van der Waals surface area contributed by atoms with Gasteiger partial charge in [0.2, 0.25) is 0 Å². The van der Waals surface area contributed by atoms with Crippen molar-refractivity contribution >= 4 is 29.2 Å². The first-order valence-electron chi connectivity index (χ1n) is 10.5. The van der Waals surface area contributed by atoms with Crippen molar-refractivity contribution in [2.24, 2.45) is 0 Å². The van der Waals surface area contributed by atoms with Crippen LogP contribution in [0.25, 0.3) is 0 Å². The SMILES string of the molecule is CNC(=O)c1cc(OCCO)ccc1NC(=O)Oc1nc(C2CC2)cnc1Nc1cncnc1. The standard InChI is InChI=1S/C22H23N7O5/c1-23-20(31)16-8-15(33-7-6-30)4-5-17(16)29-22(32)34-21-19(27-14-9-24-12-25-10-14)26-11-18(28-21)13-2-3-13/h4-5,8-13,30H,2-3,6-7H2,1H3,(H,23,31)(H,26,27)(H,29,32). The highest BCUT2D eigenvalue weighted by Gasteiger charge is 2.27. The van der Waals surface area contributed by atoms with E-state index < -0.39 is 12.0 Å². The highest BCUT2D eigenvalue weighted by atomic mass is 16.6. The van der Waals surface area contributed by atoms with Gasteiger partial charge in [-0.15, -0.1) is 0 Å². The Morgan fingerprint density at radius 1 is 1.18 bits per heavy atom. The molecule has 0 saturated heterocycles. The molecular formula is C22H23N7O5. The van der Waals surface area contributed by atoms with E-state index in [9.17, 15) is 9.59 Å². The number of aromatic nitrogens is 4. The fourth-order valence-electron chi connectivity index (χ4n) is 3.05. The zero-order valence-electron chi connectivity index (χ0n) is 18.3. The Hall–Kier alpha value is -4.32. The van der Waals surface area contributed by atoms with Gasteiger partial charge in [-0.1, -0.05) is 0 Å². The van der Waals surface area contributed by atoms with E-state index in [1.807, 2.05) is 0 Å². The number of hydrogen-bond donors (Lipinski definition) is 4. The fraction of sp³-hybridized carbons (Fsp3) is 0.273. The molecule has 176 valence electrons. The lowest BCUT2D eigenvalue weighted by Crippen LogP contribution is -2.23. The zero-order valence-corrected chi connectivity index (χ0v) is 18.3. The van der Waals surface area contributed by atoms with E-state index in [0.29, 0.717) is 17.4 Å². The predicted molar refractivity (Wildman–Crippen MR) is 121 cm³/mol. The predicted octanol–water partition coefficient (Wildman–Crippen LogP) is 2.23. The second-order valence-electron chi connectivity index (χ2n) is 7.35. The molecule has 0 unspecified atom stereocenters. The minimum atomic E-state index is -0.858. The van der Waals surface area contributed by atoms with Crippen LogP contribution in [0.15, 0.2) is 43.1 Å². The molecule has 2 amide bonds. The van der Waals surface area contributed by atoms with Crippen molar-refractivity contribution in [2.75, 3.05) is 30.9 Å². The summed E-state index contributed by atoms with van der Waals surface area (Å²) in [6.45, 7) is -0.103. The maximum atomic E-state index is 12.8. The summed E-state index contributed by atoms with van der Waals surface area (Å²) in [5.74, 6) is 0.417. The first-order valence-corrected chi connectivity index (χ1v) is 10.5. The lowest BCUT2D eigenvalue weighted by molar-refractivity contribution is 0.0963. The van der Waals surface area contributed by atoms with Gasteiger partial charge in [0.15, 0.2) is 5.82 Å².